The number of carbonyl (C=O) groups excluding carboxylic acids is 2. The van der Waals surface area contributed by atoms with Crippen LogP contribution in [0.5, 0.6) is 0 Å². The standard InChI is InChI=1S/C29H38Cl2N4O5S/c1-20-23(30)14-15-24(26(20)31)41(38,39)34(6)17-8-7-9-25(36)33(5)19-21-10-12-22(13-11-21)27-32-16-18-35(27)28(37)40-29(2,3)4/h10-15H,7-9,16-19H2,1-6H3. The van der Waals surface area contributed by atoms with Crippen LogP contribution in [0.15, 0.2) is 46.3 Å². The van der Waals surface area contributed by atoms with E-state index in [4.69, 9.17) is 27.9 Å². The molecule has 2 aromatic rings. The molecule has 0 aromatic heterocycles. The number of nitrogens with zero attached hydrogens (tertiary/aromatic N) is 4. The molecule has 41 heavy (non-hydrogen) atoms. The van der Waals surface area contributed by atoms with E-state index in [9.17, 15) is 18.0 Å². The van der Waals surface area contributed by atoms with Gasteiger partial charge in [-0.25, -0.2) is 17.5 Å². The molecule has 1 heterocycles. The van der Waals surface area contributed by atoms with E-state index in [2.05, 4.69) is 4.99 Å². The summed E-state index contributed by atoms with van der Waals surface area (Å²) in [6.45, 7) is 8.81. The second kappa shape index (κ2) is 13.5. The van der Waals surface area contributed by atoms with Crippen LogP contribution in [0.2, 0.25) is 10.0 Å². The lowest BCUT2D eigenvalue weighted by Gasteiger charge is -2.25. The Hall–Kier alpha value is -2.66. The number of hydrogen-bond acceptors (Lipinski definition) is 6. The van der Waals surface area contributed by atoms with Gasteiger partial charge in [-0.15, -0.1) is 0 Å². The van der Waals surface area contributed by atoms with E-state index >= 15 is 0 Å². The third kappa shape index (κ3) is 8.44. The molecule has 224 valence electrons. The molecule has 0 atom stereocenters. The summed E-state index contributed by atoms with van der Waals surface area (Å²) in [4.78, 5) is 33.0. The van der Waals surface area contributed by atoms with Gasteiger partial charge in [-0.2, -0.15) is 0 Å². The molecule has 3 rings (SSSR count). The fraction of sp³-hybridized carbons (Fsp3) is 0.483. The van der Waals surface area contributed by atoms with Gasteiger partial charge in [0.2, 0.25) is 15.9 Å². The summed E-state index contributed by atoms with van der Waals surface area (Å²) in [5.74, 6) is 0.544. The summed E-state index contributed by atoms with van der Waals surface area (Å²) in [7, 11) is -0.546. The molecule has 0 fully saturated rings. The highest BCUT2D eigenvalue weighted by Crippen LogP contribution is 2.31. The van der Waals surface area contributed by atoms with Crippen molar-refractivity contribution in [3.8, 4) is 0 Å². The van der Waals surface area contributed by atoms with Crippen LogP contribution >= 0.6 is 23.2 Å². The molecule has 0 radical (unpaired) electrons. The van der Waals surface area contributed by atoms with Crippen LogP contribution in [0.4, 0.5) is 4.79 Å². The van der Waals surface area contributed by atoms with Crippen molar-refractivity contribution in [3.63, 3.8) is 0 Å². The maximum Gasteiger partial charge on any atom is 0.416 e. The number of halogens is 2. The Morgan fingerprint density at radius 1 is 1.05 bits per heavy atom. The Bertz CT molecular complexity index is 1410. The van der Waals surface area contributed by atoms with E-state index in [0.29, 0.717) is 55.3 Å². The highest BCUT2D eigenvalue weighted by atomic mass is 35.5. The first-order chi connectivity index (χ1) is 19.1. The lowest BCUT2D eigenvalue weighted by Crippen LogP contribution is -2.39. The normalized spacial score (nSPS) is 13.9. The molecular formula is C29H38Cl2N4O5S. The maximum atomic E-state index is 13.0. The molecule has 1 aliphatic rings. The number of amides is 2. The van der Waals surface area contributed by atoms with Crippen molar-refractivity contribution in [3.05, 3.63) is 63.1 Å². The summed E-state index contributed by atoms with van der Waals surface area (Å²) >= 11 is 12.3. The number of ether oxygens (including phenoxy) is 1. The van der Waals surface area contributed by atoms with Crippen LogP contribution in [-0.2, 0) is 26.1 Å². The predicted molar refractivity (Wildman–Crippen MR) is 162 cm³/mol. The average molecular weight is 626 g/mol. The fourth-order valence-electron chi connectivity index (χ4n) is 4.24. The maximum absolute atomic E-state index is 13.0. The minimum Gasteiger partial charge on any atom is -0.443 e. The van der Waals surface area contributed by atoms with Gasteiger partial charge in [-0.1, -0.05) is 47.5 Å². The molecular weight excluding hydrogens is 587 g/mol. The van der Waals surface area contributed by atoms with Crippen LogP contribution in [-0.4, -0.2) is 79.7 Å². The molecule has 2 amide bonds. The zero-order valence-electron chi connectivity index (χ0n) is 24.4. The second-order valence-corrected chi connectivity index (χ2v) is 13.9. The molecule has 0 aliphatic carbocycles. The number of benzene rings is 2. The zero-order chi connectivity index (χ0) is 30.5. The molecule has 0 saturated carbocycles. The Morgan fingerprint density at radius 2 is 1.71 bits per heavy atom. The van der Waals surface area contributed by atoms with E-state index in [1.165, 1.54) is 23.5 Å². The van der Waals surface area contributed by atoms with Crippen LogP contribution in [0, 0.1) is 6.92 Å². The van der Waals surface area contributed by atoms with Gasteiger partial charge < -0.3 is 9.64 Å². The molecule has 0 spiro atoms. The highest BCUT2D eigenvalue weighted by molar-refractivity contribution is 7.89. The summed E-state index contributed by atoms with van der Waals surface area (Å²) in [5, 5.41) is 0.522. The Balaban J connectivity index is 1.48. The quantitative estimate of drug-likeness (QED) is 0.313. The van der Waals surface area contributed by atoms with Crippen LogP contribution in [0.3, 0.4) is 0 Å². The zero-order valence-corrected chi connectivity index (χ0v) is 26.7. The average Bonchev–Trinajstić information content (AvgIpc) is 3.39. The SMILES string of the molecule is Cc1c(Cl)ccc(S(=O)(=O)N(C)CCCCC(=O)N(C)Cc2ccc(C3=NCCN3C(=O)OC(C)(C)C)cc2)c1Cl. The third-order valence-electron chi connectivity index (χ3n) is 6.60. The largest absolute Gasteiger partial charge is 0.443 e. The van der Waals surface area contributed by atoms with Crippen molar-refractivity contribution in [2.45, 2.75) is 64.0 Å². The monoisotopic (exact) mass is 624 g/mol. The predicted octanol–water partition coefficient (Wildman–Crippen LogP) is 5.75. The summed E-state index contributed by atoms with van der Waals surface area (Å²) < 4.78 is 32.7. The van der Waals surface area contributed by atoms with Gasteiger partial charge in [-0.05, 0) is 63.8 Å². The molecule has 0 saturated heterocycles. The van der Waals surface area contributed by atoms with E-state index in [1.54, 1.807) is 23.8 Å². The molecule has 2 aromatic carbocycles. The number of hydrogen-bond donors (Lipinski definition) is 0. The van der Waals surface area contributed by atoms with Crippen LogP contribution in [0.25, 0.3) is 0 Å². The minimum absolute atomic E-state index is 0.0166. The van der Waals surface area contributed by atoms with Crippen molar-refractivity contribution in [2.75, 3.05) is 33.7 Å². The number of sulfonamides is 1. The first-order valence-corrected chi connectivity index (χ1v) is 15.6. The van der Waals surface area contributed by atoms with Gasteiger partial charge in [0, 0.05) is 44.2 Å². The van der Waals surface area contributed by atoms with Gasteiger partial charge in [-0.3, -0.25) is 14.7 Å². The van der Waals surface area contributed by atoms with Crippen molar-refractivity contribution in [1.82, 2.24) is 14.1 Å². The first kappa shape index (κ1) is 32.8. The molecule has 0 unspecified atom stereocenters. The van der Waals surface area contributed by atoms with Crippen LogP contribution in [0.1, 0.15) is 56.7 Å². The molecule has 9 nitrogen and oxygen atoms in total. The first-order valence-electron chi connectivity index (χ1n) is 13.4. The van der Waals surface area contributed by atoms with E-state index < -0.39 is 21.7 Å². The molecule has 0 N–H and O–H groups in total. The summed E-state index contributed by atoms with van der Waals surface area (Å²) in [5.41, 5.74) is 1.67. The van der Waals surface area contributed by atoms with Gasteiger partial charge in [0.05, 0.1) is 18.1 Å². The van der Waals surface area contributed by atoms with Gasteiger partial charge in [0.15, 0.2) is 0 Å². The number of aliphatic imine (C=N–C) groups is 1. The lowest BCUT2D eigenvalue weighted by atomic mass is 10.1. The summed E-state index contributed by atoms with van der Waals surface area (Å²) in [6, 6.07) is 10.5. The minimum atomic E-state index is -3.78. The van der Waals surface area contributed by atoms with Gasteiger partial charge in [0.25, 0.3) is 0 Å². The van der Waals surface area contributed by atoms with Gasteiger partial charge in [0.1, 0.15) is 16.3 Å². The van der Waals surface area contributed by atoms with Crippen molar-refractivity contribution in [2.24, 2.45) is 4.99 Å². The van der Waals surface area contributed by atoms with Crippen LogP contribution < -0.4 is 0 Å². The second-order valence-electron chi connectivity index (χ2n) is 11.1. The number of carbonyl (C=O) groups is 2. The highest BCUT2D eigenvalue weighted by Gasteiger charge is 2.29. The number of rotatable bonds is 10. The Morgan fingerprint density at radius 3 is 2.34 bits per heavy atom. The van der Waals surface area contributed by atoms with Crippen molar-refractivity contribution < 1.29 is 22.7 Å². The smallest absolute Gasteiger partial charge is 0.416 e. The molecule has 1 aliphatic heterocycles. The van der Waals surface area contributed by atoms with Crippen molar-refractivity contribution >= 4 is 51.1 Å². The lowest BCUT2D eigenvalue weighted by molar-refractivity contribution is -0.130. The molecule has 12 heteroatoms. The topological polar surface area (TPSA) is 99.6 Å². The summed E-state index contributed by atoms with van der Waals surface area (Å²) in [6.07, 6.45) is 0.932. The fourth-order valence-corrected chi connectivity index (χ4v) is 6.22. The van der Waals surface area contributed by atoms with E-state index in [-0.39, 0.29) is 22.4 Å². The Kier molecular flexibility index (Phi) is 10.9. The number of unbranched alkanes of at least 4 members (excludes halogenated alkanes) is 1. The Labute approximate surface area is 253 Å². The van der Waals surface area contributed by atoms with Gasteiger partial charge >= 0.3 is 6.09 Å². The van der Waals surface area contributed by atoms with Crippen molar-refractivity contribution in [1.29, 1.82) is 0 Å². The third-order valence-corrected chi connectivity index (χ3v) is 9.51. The van der Waals surface area contributed by atoms with E-state index in [0.717, 1.165) is 11.1 Å². The van der Waals surface area contributed by atoms with E-state index in [1.807, 2.05) is 45.0 Å². The number of amidine groups is 1. The molecule has 0 bridgehead atoms.